The zero-order chi connectivity index (χ0) is 15.7. The number of methoxy groups -OCH3 is 1. The predicted molar refractivity (Wildman–Crippen MR) is 80.5 cm³/mol. The predicted octanol–water partition coefficient (Wildman–Crippen LogP) is 2.36. The first-order valence-electron chi connectivity index (χ1n) is 6.95. The van der Waals surface area contributed by atoms with Crippen LogP contribution in [0.15, 0.2) is 24.3 Å². The Bertz CT molecular complexity index is 455. The van der Waals surface area contributed by atoms with Gasteiger partial charge in [0.2, 0.25) is 0 Å². The normalized spacial score (nSPS) is 10.3. The van der Waals surface area contributed by atoms with Crippen LogP contribution in [0.1, 0.15) is 24.2 Å². The van der Waals surface area contributed by atoms with Gasteiger partial charge in [-0.25, -0.2) is 9.59 Å². The molecule has 6 heteroatoms. The molecule has 0 radical (unpaired) electrons. The van der Waals surface area contributed by atoms with E-state index in [0.717, 1.165) is 19.6 Å². The molecule has 0 aliphatic heterocycles. The van der Waals surface area contributed by atoms with Crippen molar-refractivity contribution in [2.75, 3.05) is 38.7 Å². The van der Waals surface area contributed by atoms with Crippen LogP contribution >= 0.6 is 0 Å². The lowest BCUT2D eigenvalue weighted by Crippen LogP contribution is -2.27. The number of hydrogen-bond acceptors (Lipinski definition) is 5. The SMILES string of the molecule is CCN(CC)CCOC(=O)c1ccc(NC(=O)OC)cc1. The maximum atomic E-state index is 11.8. The summed E-state index contributed by atoms with van der Waals surface area (Å²) in [6.45, 7) is 7.09. The molecule has 0 aliphatic rings. The van der Waals surface area contributed by atoms with Crippen molar-refractivity contribution < 1.29 is 19.1 Å². The van der Waals surface area contributed by atoms with Gasteiger partial charge in [-0.1, -0.05) is 13.8 Å². The van der Waals surface area contributed by atoms with Gasteiger partial charge in [0.25, 0.3) is 0 Å². The van der Waals surface area contributed by atoms with Gasteiger partial charge >= 0.3 is 12.1 Å². The van der Waals surface area contributed by atoms with Crippen molar-refractivity contribution in [2.45, 2.75) is 13.8 Å². The number of nitrogens with one attached hydrogen (secondary N) is 1. The lowest BCUT2D eigenvalue weighted by atomic mass is 10.2. The summed E-state index contributed by atoms with van der Waals surface area (Å²) in [5.41, 5.74) is 1.01. The number of esters is 1. The van der Waals surface area contributed by atoms with E-state index in [0.29, 0.717) is 17.9 Å². The summed E-state index contributed by atoms with van der Waals surface area (Å²) in [6.07, 6.45) is -0.551. The van der Waals surface area contributed by atoms with Gasteiger partial charge in [0.05, 0.1) is 12.7 Å². The maximum absolute atomic E-state index is 11.8. The molecule has 0 spiro atoms. The molecule has 0 unspecified atom stereocenters. The minimum atomic E-state index is -0.551. The number of benzene rings is 1. The Balaban J connectivity index is 2.46. The fraction of sp³-hybridized carbons (Fsp3) is 0.467. The number of likely N-dealkylation sites (N-methyl/N-ethyl adjacent to an activating group) is 1. The second-order valence-corrected chi connectivity index (χ2v) is 4.36. The molecule has 0 bridgehead atoms. The molecule has 21 heavy (non-hydrogen) atoms. The Hall–Kier alpha value is -2.08. The lowest BCUT2D eigenvalue weighted by Gasteiger charge is -2.17. The van der Waals surface area contributed by atoms with Crippen LogP contribution in [0.2, 0.25) is 0 Å². The number of carbonyl (C=O) groups is 2. The Kier molecular flexibility index (Phi) is 7.25. The van der Waals surface area contributed by atoms with Gasteiger partial charge in [-0.2, -0.15) is 0 Å². The van der Waals surface area contributed by atoms with Crippen LogP contribution in [0, 0.1) is 0 Å². The summed E-state index contributed by atoms with van der Waals surface area (Å²) in [7, 11) is 1.29. The number of carbonyl (C=O) groups excluding carboxylic acids is 2. The molecule has 1 aromatic carbocycles. The van der Waals surface area contributed by atoms with Crippen molar-refractivity contribution in [3.05, 3.63) is 29.8 Å². The molecule has 1 N–H and O–H groups in total. The topological polar surface area (TPSA) is 67.9 Å². The second kappa shape index (κ2) is 8.97. The van der Waals surface area contributed by atoms with E-state index in [-0.39, 0.29) is 5.97 Å². The fourth-order valence-electron chi connectivity index (χ4n) is 1.75. The molecule has 0 fully saturated rings. The highest BCUT2D eigenvalue weighted by Gasteiger charge is 2.08. The third-order valence-electron chi connectivity index (χ3n) is 3.09. The zero-order valence-electron chi connectivity index (χ0n) is 12.7. The Morgan fingerprint density at radius 3 is 2.29 bits per heavy atom. The van der Waals surface area contributed by atoms with Crippen molar-refractivity contribution in [2.24, 2.45) is 0 Å². The number of hydrogen-bond donors (Lipinski definition) is 1. The minimum absolute atomic E-state index is 0.364. The molecule has 0 aliphatic carbocycles. The number of nitrogens with zero attached hydrogens (tertiary/aromatic N) is 1. The molecular weight excluding hydrogens is 272 g/mol. The van der Waals surface area contributed by atoms with E-state index in [9.17, 15) is 9.59 Å². The van der Waals surface area contributed by atoms with Crippen LogP contribution in [0.4, 0.5) is 10.5 Å². The van der Waals surface area contributed by atoms with E-state index in [1.54, 1.807) is 24.3 Å². The molecule has 0 atom stereocenters. The van der Waals surface area contributed by atoms with Crippen molar-refractivity contribution in [3.63, 3.8) is 0 Å². The summed E-state index contributed by atoms with van der Waals surface area (Å²) < 4.78 is 9.69. The highest BCUT2D eigenvalue weighted by atomic mass is 16.5. The van der Waals surface area contributed by atoms with E-state index in [4.69, 9.17) is 4.74 Å². The smallest absolute Gasteiger partial charge is 0.411 e. The van der Waals surface area contributed by atoms with Crippen LogP contribution < -0.4 is 5.32 Å². The molecule has 0 heterocycles. The number of anilines is 1. The third kappa shape index (κ3) is 5.83. The van der Waals surface area contributed by atoms with E-state index in [1.807, 2.05) is 0 Å². The summed E-state index contributed by atoms with van der Waals surface area (Å²) >= 11 is 0. The van der Waals surface area contributed by atoms with Gasteiger partial charge < -0.3 is 14.4 Å². The first-order chi connectivity index (χ1) is 10.1. The molecule has 1 amide bonds. The van der Waals surface area contributed by atoms with Crippen LogP contribution in [0.25, 0.3) is 0 Å². The van der Waals surface area contributed by atoms with E-state index < -0.39 is 6.09 Å². The largest absolute Gasteiger partial charge is 0.461 e. The molecule has 1 aromatic rings. The Morgan fingerprint density at radius 2 is 1.76 bits per heavy atom. The summed E-state index contributed by atoms with van der Waals surface area (Å²) in [6, 6.07) is 6.45. The third-order valence-corrected chi connectivity index (χ3v) is 3.09. The van der Waals surface area contributed by atoms with Gasteiger partial charge in [-0.3, -0.25) is 5.32 Å². The maximum Gasteiger partial charge on any atom is 0.411 e. The van der Waals surface area contributed by atoms with Crippen molar-refractivity contribution >= 4 is 17.7 Å². The van der Waals surface area contributed by atoms with E-state index in [1.165, 1.54) is 7.11 Å². The molecule has 6 nitrogen and oxygen atoms in total. The first kappa shape index (κ1) is 17.0. The van der Waals surface area contributed by atoms with Gasteiger partial charge in [-0.05, 0) is 37.4 Å². The molecule has 116 valence electrons. The summed E-state index contributed by atoms with van der Waals surface area (Å²) in [5.74, 6) is -0.369. The van der Waals surface area contributed by atoms with E-state index >= 15 is 0 Å². The average molecular weight is 294 g/mol. The van der Waals surface area contributed by atoms with Crippen molar-refractivity contribution in [1.82, 2.24) is 4.90 Å². The van der Waals surface area contributed by atoms with Gasteiger partial charge in [0.15, 0.2) is 0 Å². The Labute approximate surface area is 125 Å². The second-order valence-electron chi connectivity index (χ2n) is 4.36. The standard InChI is InChI=1S/C15H22N2O4/c1-4-17(5-2)10-11-21-14(18)12-6-8-13(9-7-12)16-15(19)20-3/h6-9H,4-5,10-11H2,1-3H3,(H,16,19). The lowest BCUT2D eigenvalue weighted by molar-refractivity contribution is 0.0466. The van der Waals surface area contributed by atoms with Crippen LogP contribution in [0.3, 0.4) is 0 Å². The average Bonchev–Trinajstić information content (AvgIpc) is 2.52. The van der Waals surface area contributed by atoms with Crippen LogP contribution in [-0.2, 0) is 9.47 Å². The molecule has 0 saturated carbocycles. The fourth-order valence-corrected chi connectivity index (χ4v) is 1.75. The van der Waals surface area contributed by atoms with Gasteiger partial charge in [0, 0.05) is 12.2 Å². The van der Waals surface area contributed by atoms with Crippen molar-refractivity contribution in [3.8, 4) is 0 Å². The molecular formula is C15H22N2O4. The van der Waals surface area contributed by atoms with Crippen molar-refractivity contribution in [1.29, 1.82) is 0 Å². The van der Waals surface area contributed by atoms with Crippen LogP contribution in [0.5, 0.6) is 0 Å². The van der Waals surface area contributed by atoms with Gasteiger partial charge in [-0.15, -0.1) is 0 Å². The highest BCUT2D eigenvalue weighted by molar-refractivity contribution is 5.91. The van der Waals surface area contributed by atoms with E-state index in [2.05, 4.69) is 28.8 Å². The summed E-state index contributed by atoms with van der Waals surface area (Å²) in [4.78, 5) is 25.0. The Morgan fingerprint density at radius 1 is 1.14 bits per heavy atom. The summed E-state index contributed by atoms with van der Waals surface area (Å²) in [5, 5.41) is 2.51. The monoisotopic (exact) mass is 294 g/mol. The number of ether oxygens (including phenoxy) is 2. The van der Waals surface area contributed by atoms with Crippen LogP contribution in [-0.4, -0.2) is 50.3 Å². The molecule has 0 aromatic heterocycles. The highest BCUT2D eigenvalue weighted by Crippen LogP contribution is 2.10. The number of amides is 1. The first-order valence-corrected chi connectivity index (χ1v) is 6.95. The quantitative estimate of drug-likeness (QED) is 0.782. The molecule has 1 rings (SSSR count). The zero-order valence-corrected chi connectivity index (χ0v) is 12.7. The minimum Gasteiger partial charge on any atom is -0.461 e. The van der Waals surface area contributed by atoms with Gasteiger partial charge in [0.1, 0.15) is 6.61 Å². The molecule has 0 saturated heterocycles. The number of rotatable bonds is 7.